The van der Waals surface area contributed by atoms with E-state index in [0.717, 1.165) is 19.3 Å². The summed E-state index contributed by atoms with van der Waals surface area (Å²) in [5.74, 6) is 0.795. The zero-order valence-electron chi connectivity index (χ0n) is 13.2. The molecule has 1 aliphatic heterocycles. The van der Waals surface area contributed by atoms with Crippen LogP contribution >= 0.6 is 0 Å². The van der Waals surface area contributed by atoms with Gasteiger partial charge in [-0.2, -0.15) is 10.1 Å². The molecule has 2 aromatic rings. The minimum Gasteiger partial charge on any atom is -0.340 e. The van der Waals surface area contributed by atoms with Crippen molar-refractivity contribution in [1.82, 2.24) is 24.8 Å². The van der Waals surface area contributed by atoms with Gasteiger partial charge in [0, 0.05) is 26.1 Å². The summed E-state index contributed by atoms with van der Waals surface area (Å²) in [4.78, 5) is 30.4. The minimum absolute atomic E-state index is 0.199. The predicted octanol–water partition coefficient (Wildman–Crippen LogP) is 1.32. The molecule has 0 aromatic carbocycles. The lowest BCUT2D eigenvalue weighted by atomic mass is 10.2. The summed E-state index contributed by atoms with van der Waals surface area (Å²) >= 11 is 0. The maximum atomic E-state index is 12.8. The first-order valence-electron chi connectivity index (χ1n) is 7.79. The molecule has 2 aromatic heterocycles. The summed E-state index contributed by atoms with van der Waals surface area (Å²) in [5.41, 5.74) is 0.0698. The SMILES string of the molecule is CCCn1nc(C(=O)N2CCCC2c2noc(C)n2)ccc1=O. The number of carbonyl (C=O) groups excluding carboxylic acids is 1. The average Bonchev–Trinajstić information content (AvgIpc) is 3.17. The molecule has 0 N–H and O–H groups in total. The highest BCUT2D eigenvalue weighted by atomic mass is 16.5. The molecule has 8 heteroatoms. The zero-order chi connectivity index (χ0) is 16.4. The summed E-state index contributed by atoms with van der Waals surface area (Å²) < 4.78 is 6.35. The monoisotopic (exact) mass is 317 g/mol. The number of hydrogen-bond acceptors (Lipinski definition) is 6. The Labute approximate surface area is 133 Å². The van der Waals surface area contributed by atoms with E-state index < -0.39 is 0 Å². The number of rotatable bonds is 4. The number of amides is 1. The van der Waals surface area contributed by atoms with Crippen LogP contribution in [-0.2, 0) is 6.54 Å². The topological polar surface area (TPSA) is 94.1 Å². The fourth-order valence-corrected chi connectivity index (χ4v) is 2.81. The third-order valence-corrected chi connectivity index (χ3v) is 3.88. The minimum atomic E-state index is -0.209. The molecule has 1 aliphatic rings. The van der Waals surface area contributed by atoms with Crippen LogP contribution in [0, 0.1) is 6.92 Å². The summed E-state index contributed by atoms with van der Waals surface area (Å²) in [5, 5.41) is 8.12. The van der Waals surface area contributed by atoms with Crippen molar-refractivity contribution in [3.8, 4) is 0 Å². The van der Waals surface area contributed by atoms with E-state index in [1.807, 2.05) is 6.92 Å². The van der Waals surface area contributed by atoms with E-state index in [9.17, 15) is 9.59 Å². The van der Waals surface area contributed by atoms with Gasteiger partial charge in [-0.25, -0.2) is 4.68 Å². The predicted molar refractivity (Wildman–Crippen MR) is 80.8 cm³/mol. The molecular weight excluding hydrogens is 298 g/mol. The van der Waals surface area contributed by atoms with Crippen LogP contribution in [0.1, 0.15) is 54.4 Å². The summed E-state index contributed by atoms with van der Waals surface area (Å²) in [6, 6.07) is 2.67. The molecule has 1 saturated heterocycles. The third-order valence-electron chi connectivity index (χ3n) is 3.88. The molecule has 122 valence electrons. The molecule has 1 unspecified atom stereocenters. The molecule has 0 bridgehead atoms. The van der Waals surface area contributed by atoms with Crippen LogP contribution in [0.4, 0.5) is 0 Å². The standard InChI is InChI=1S/C15H19N5O3/c1-3-8-20-13(21)7-6-11(17-20)15(22)19-9-4-5-12(19)14-16-10(2)23-18-14/h6-7,12H,3-5,8-9H2,1-2H3. The fraction of sp³-hybridized carbons (Fsp3) is 0.533. The first-order valence-corrected chi connectivity index (χ1v) is 7.79. The molecule has 3 heterocycles. The van der Waals surface area contributed by atoms with E-state index in [2.05, 4.69) is 15.2 Å². The molecule has 1 atom stereocenters. The molecule has 0 radical (unpaired) electrons. The van der Waals surface area contributed by atoms with E-state index >= 15 is 0 Å². The van der Waals surface area contributed by atoms with Crippen LogP contribution < -0.4 is 5.56 Å². The fourth-order valence-electron chi connectivity index (χ4n) is 2.81. The molecule has 8 nitrogen and oxygen atoms in total. The summed E-state index contributed by atoms with van der Waals surface area (Å²) in [7, 11) is 0. The number of likely N-dealkylation sites (tertiary alicyclic amines) is 1. The first-order chi connectivity index (χ1) is 11.1. The maximum Gasteiger partial charge on any atom is 0.274 e. The lowest BCUT2D eigenvalue weighted by molar-refractivity contribution is 0.0719. The maximum absolute atomic E-state index is 12.8. The lowest BCUT2D eigenvalue weighted by Gasteiger charge is -2.21. The zero-order valence-corrected chi connectivity index (χ0v) is 13.2. The van der Waals surface area contributed by atoms with Crippen molar-refractivity contribution in [3.63, 3.8) is 0 Å². The summed E-state index contributed by atoms with van der Waals surface area (Å²) in [6.45, 7) is 4.79. The molecule has 1 fully saturated rings. The number of nitrogens with zero attached hydrogens (tertiary/aromatic N) is 5. The van der Waals surface area contributed by atoms with E-state index in [1.165, 1.54) is 16.8 Å². The first kappa shape index (κ1) is 15.4. The van der Waals surface area contributed by atoms with E-state index in [0.29, 0.717) is 24.8 Å². The summed E-state index contributed by atoms with van der Waals surface area (Å²) in [6.07, 6.45) is 2.44. The largest absolute Gasteiger partial charge is 0.340 e. The highest BCUT2D eigenvalue weighted by molar-refractivity contribution is 5.92. The van der Waals surface area contributed by atoms with Gasteiger partial charge in [-0.15, -0.1) is 0 Å². The van der Waals surface area contributed by atoms with E-state index in [1.54, 1.807) is 11.8 Å². The van der Waals surface area contributed by atoms with Gasteiger partial charge in [-0.3, -0.25) is 9.59 Å². The number of hydrogen-bond donors (Lipinski definition) is 0. The Balaban J connectivity index is 1.87. The lowest BCUT2D eigenvalue weighted by Crippen LogP contribution is -2.34. The second-order valence-corrected chi connectivity index (χ2v) is 5.61. The second kappa shape index (κ2) is 6.31. The number of aryl methyl sites for hydroxylation is 2. The van der Waals surface area contributed by atoms with Crippen LogP contribution in [0.15, 0.2) is 21.5 Å². The number of carbonyl (C=O) groups is 1. The van der Waals surface area contributed by atoms with Gasteiger partial charge in [-0.1, -0.05) is 12.1 Å². The molecule has 3 rings (SSSR count). The van der Waals surface area contributed by atoms with Crippen molar-refractivity contribution in [1.29, 1.82) is 0 Å². The Kier molecular flexibility index (Phi) is 4.22. The van der Waals surface area contributed by atoms with Gasteiger partial charge in [0.1, 0.15) is 5.69 Å². The van der Waals surface area contributed by atoms with Crippen LogP contribution in [-0.4, -0.2) is 37.3 Å². The quantitative estimate of drug-likeness (QED) is 0.844. The van der Waals surface area contributed by atoms with Gasteiger partial charge in [-0.05, 0) is 25.3 Å². The highest BCUT2D eigenvalue weighted by Crippen LogP contribution is 2.31. The molecular formula is C15H19N5O3. The second-order valence-electron chi connectivity index (χ2n) is 5.61. The van der Waals surface area contributed by atoms with Gasteiger partial charge in [0.15, 0.2) is 5.82 Å². The normalized spacial score (nSPS) is 17.7. The molecule has 0 spiro atoms. The molecule has 23 heavy (non-hydrogen) atoms. The van der Waals surface area contributed by atoms with E-state index in [4.69, 9.17) is 4.52 Å². The van der Waals surface area contributed by atoms with Gasteiger partial charge in [0.2, 0.25) is 5.89 Å². The van der Waals surface area contributed by atoms with Gasteiger partial charge >= 0.3 is 0 Å². The Morgan fingerprint density at radius 2 is 2.26 bits per heavy atom. The number of aromatic nitrogens is 4. The van der Waals surface area contributed by atoms with Crippen molar-refractivity contribution < 1.29 is 9.32 Å². The van der Waals surface area contributed by atoms with Crippen molar-refractivity contribution in [2.24, 2.45) is 0 Å². The van der Waals surface area contributed by atoms with Crippen LogP contribution in [0.3, 0.4) is 0 Å². The average molecular weight is 317 g/mol. The Bertz CT molecular complexity index is 766. The molecule has 0 aliphatic carbocycles. The highest BCUT2D eigenvalue weighted by Gasteiger charge is 2.34. The van der Waals surface area contributed by atoms with Gasteiger partial charge < -0.3 is 9.42 Å². The van der Waals surface area contributed by atoms with Crippen LogP contribution in [0.2, 0.25) is 0 Å². The van der Waals surface area contributed by atoms with Crippen LogP contribution in [0.25, 0.3) is 0 Å². The Morgan fingerprint density at radius 3 is 2.96 bits per heavy atom. The van der Waals surface area contributed by atoms with Crippen molar-refractivity contribution in [2.45, 2.75) is 45.7 Å². The smallest absolute Gasteiger partial charge is 0.274 e. The van der Waals surface area contributed by atoms with E-state index in [-0.39, 0.29) is 23.2 Å². The van der Waals surface area contributed by atoms with Crippen LogP contribution in [0.5, 0.6) is 0 Å². The third kappa shape index (κ3) is 3.01. The van der Waals surface area contributed by atoms with Crippen molar-refractivity contribution in [2.75, 3.05) is 6.54 Å². The Hall–Kier alpha value is -2.51. The van der Waals surface area contributed by atoms with Crippen molar-refractivity contribution >= 4 is 5.91 Å². The van der Waals surface area contributed by atoms with Gasteiger partial charge in [0.25, 0.3) is 11.5 Å². The Morgan fingerprint density at radius 1 is 1.43 bits per heavy atom. The molecule has 1 amide bonds. The van der Waals surface area contributed by atoms with Crippen molar-refractivity contribution in [3.05, 3.63) is 39.9 Å². The molecule has 0 saturated carbocycles. The van der Waals surface area contributed by atoms with Gasteiger partial charge in [0.05, 0.1) is 6.04 Å².